The fraction of sp³-hybridized carbons (Fsp3) is 0.375. The van der Waals surface area contributed by atoms with Crippen molar-refractivity contribution in [2.45, 2.75) is 25.7 Å². The average molecular weight is 289 g/mol. The number of hydrogen-bond acceptors (Lipinski definition) is 3. The van der Waals surface area contributed by atoms with Crippen LogP contribution in [0.3, 0.4) is 0 Å². The van der Waals surface area contributed by atoms with Crippen LogP contribution < -0.4 is 4.74 Å². The van der Waals surface area contributed by atoms with Crippen molar-refractivity contribution in [3.63, 3.8) is 0 Å². The molecule has 0 saturated heterocycles. The fourth-order valence-electron chi connectivity index (χ4n) is 2.57. The highest BCUT2D eigenvalue weighted by Crippen LogP contribution is 2.26. The van der Waals surface area contributed by atoms with Gasteiger partial charge in [0.15, 0.2) is 5.82 Å². The van der Waals surface area contributed by atoms with Gasteiger partial charge in [-0.3, -0.25) is 0 Å². The number of benzene rings is 1. The van der Waals surface area contributed by atoms with E-state index >= 15 is 0 Å². The summed E-state index contributed by atoms with van der Waals surface area (Å²) < 4.78 is 5.80. The topological polar surface area (TPSA) is 35.0 Å². The van der Waals surface area contributed by atoms with Gasteiger partial charge in [0.2, 0.25) is 5.88 Å². The lowest BCUT2D eigenvalue weighted by Crippen LogP contribution is -2.09. The minimum atomic E-state index is 0.417. The lowest BCUT2D eigenvalue weighted by Gasteiger charge is -2.11. The average Bonchev–Trinajstić information content (AvgIpc) is 2.99. The second-order valence-electron chi connectivity index (χ2n) is 5.18. The first kappa shape index (κ1) is 13.4. The molecule has 1 aliphatic rings. The van der Waals surface area contributed by atoms with E-state index in [-0.39, 0.29) is 0 Å². The van der Waals surface area contributed by atoms with Gasteiger partial charge in [0.25, 0.3) is 0 Å². The first-order valence-electron chi connectivity index (χ1n) is 7.04. The van der Waals surface area contributed by atoms with Gasteiger partial charge in [0.1, 0.15) is 5.15 Å². The second-order valence-corrected chi connectivity index (χ2v) is 5.57. The van der Waals surface area contributed by atoms with Crippen molar-refractivity contribution in [1.29, 1.82) is 0 Å². The normalized spacial score (nSPS) is 15.4. The molecule has 3 rings (SSSR count). The molecule has 104 valence electrons. The zero-order valence-electron chi connectivity index (χ0n) is 11.3. The van der Waals surface area contributed by atoms with Crippen molar-refractivity contribution in [2.24, 2.45) is 5.92 Å². The Kier molecular flexibility index (Phi) is 4.16. The summed E-state index contributed by atoms with van der Waals surface area (Å²) in [5.41, 5.74) is 0.945. The number of nitrogens with zero attached hydrogens (tertiary/aromatic N) is 2. The minimum absolute atomic E-state index is 0.417. The van der Waals surface area contributed by atoms with Crippen LogP contribution in [0, 0.1) is 5.92 Å². The molecule has 0 N–H and O–H groups in total. The molecule has 1 heterocycles. The summed E-state index contributed by atoms with van der Waals surface area (Å²) in [5, 5.41) is 0.417. The summed E-state index contributed by atoms with van der Waals surface area (Å²) in [7, 11) is 0. The highest BCUT2D eigenvalue weighted by molar-refractivity contribution is 6.29. The Hall–Kier alpha value is -1.61. The lowest BCUT2D eigenvalue weighted by molar-refractivity contribution is 0.243. The zero-order valence-corrected chi connectivity index (χ0v) is 12.0. The van der Waals surface area contributed by atoms with Crippen molar-refractivity contribution < 1.29 is 4.74 Å². The molecule has 0 atom stereocenters. The fourth-order valence-corrected chi connectivity index (χ4v) is 2.74. The third-order valence-electron chi connectivity index (χ3n) is 3.65. The smallest absolute Gasteiger partial charge is 0.218 e. The van der Waals surface area contributed by atoms with Gasteiger partial charge in [-0.1, -0.05) is 54.8 Å². The summed E-state index contributed by atoms with van der Waals surface area (Å²) >= 11 is 6.06. The summed E-state index contributed by atoms with van der Waals surface area (Å²) in [5.74, 6) is 1.83. The van der Waals surface area contributed by atoms with Gasteiger partial charge in [-0.05, 0) is 18.8 Å². The molecular formula is C16H17ClN2O. The molecule has 0 unspecified atom stereocenters. The first-order valence-corrected chi connectivity index (χ1v) is 7.42. The number of ether oxygens (including phenoxy) is 1. The van der Waals surface area contributed by atoms with Crippen LogP contribution >= 0.6 is 11.6 Å². The molecule has 1 aliphatic carbocycles. The van der Waals surface area contributed by atoms with E-state index in [1.54, 1.807) is 6.07 Å². The molecule has 1 aromatic heterocycles. The highest BCUT2D eigenvalue weighted by atomic mass is 35.5. The van der Waals surface area contributed by atoms with Gasteiger partial charge in [-0.25, -0.2) is 4.98 Å². The van der Waals surface area contributed by atoms with Crippen molar-refractivity contribution in [3.8, 4) is 17.3 Å². The molecule has 0 spiro atoms. The van der Waals surface area contributed by atoms with Crippen molar-refractivity contribution in [3.05, 3.63) is 41.6 Å². The van der Waals surface area contributed by atoms with Gasteiger partial charge < -0.3 is 4.74 Å². The quantitative estimate of drug-likeness (QED) is 0.784. The van der Waals surface area contributed by atoms with Gasteiger partial charge in [-0.2, -0.15) is 4.98 Å². The molecule has 3 nitrogen and oxygen atoms in total. The molecule has 0 bridgehead atoms. The highest BCUT2D eigenvalue weighted by Gasteiger charge is 2.16. The number of hydrogen-bond donors (Lipinski definition) is 0. The summed E-state index contributed by atoms with van der Waals surface area (Å²) in [6.45, 7) is 0.724. The van der Waals surface area contributed by atoms with Crippen LogP contribution in [0.4, 0.5) is 0 Å². The number of aromatic nitrogens is 2. The van der Waals surface area contributed by atoms with E-state index in [1.807, 2.05) is 30.3 Å². The van der Waals surface area contributed by atoms with E-state index in [2.05, 4.69) is 9.97 Å². The maximum absolute atomic E-state index is 6.06. The SMILES string of the molecule is Clc1cc(OCC2CCCC2)nc(-c2ccccc2)n1. The number of halogens is 1. The Balaban J connectivity index is 1.76. The molecule has 1 aromatic carbocycles. The molecule has 0 amide bonds. The Morgan fingerprint density at radius 1 is 1.10 bits per heavy atom. The Morgan fingerprint density at radius 2 is 1.85 bits per heavy atom. The molecular weight excluding hydrogens is 272 g/mol. The van der Waals surface area contributed by atoms with Crippen LogP contribution in [-0.4, -0.2) is 16.6 Å². The third kappa shape index (κ3) is 3.28. The lowest BCUT2D eigenvalue weighted by atomic mass is 10.1. The van der Waals surface area contributed by atoms with Crippen LogP contribution in [0.1, 0.15) is 25.7 Å². The predicted octanol–water partition coefficient (Wildman–Crippen LogP) is 4.37. The van der Waals surface area contributed by atoms with Crippen LogP contribution in [0.2, 0.25) is 5.15 Å². The molecule has 0 radical (unpaired) electrons. The van der Waals surface area contributed by atoms with Gasteiger partial charge in [0.05, 0.1) is 6.61 Å². The van der Waals surface area contributed by atoms with Crippen LogP contribution in [0.25, 0.3) is 11.4 Å². The van der Waals surface area contributed by atoms with E-state index in [0.717, 1.165) is 12.2 Å². The maximum atomic E-state index is 6.06. The maximum Gasteiger partial charge on any atom is 0.218 e. The Labute approximate surface area is 124 Å². The Bertz CT molecular complexity index is 568. The molecule has 1 saturated carbocycles. The van der Waals surface area contributed by atoms with Crippen LogP contribution in [-0.2, 0) is 0 Å². The van der Waals surface area contributed by atoms with E-state index in [1.165, 1.54) is 25.7 Å². The van der Waals surface area contributed by atoms with Gasteiger partial charge in [-0.15, -0.1) is 0 Å². The molecule has 2 aromatic rings. The first-order chi connectivity index (χ1) is 9.81. The zero-order chi connectivity index (χ0) is 13.8. The standard InChI is InChI=1S/C16H17ClN2O/c17-14-10-15(20-11-12-6-4-5-7-12)19-16(18-14)13-8-2-1-3-9-13/h1-3,8-10,12H,4-7,11H2. The van der Waals surface area contributed by atoms with E-state index in [9.17, 15) is 0 Å². The summed E-state index contributed by atoms with van der Waals surface area (Å²) in [6.07, 6.45) is 5.14. The summed E-state index contributed by atoms with van der Waals surface area (Å²) in [6, 6.07) is 11.5. The predicted molar refractivity (Wildman–Crippen MR) is 79.9 cm³/mol. The largest absolute Gasteiger partial charge is 0.477 e. The molecule has 0 aliphatic heterocycles. The molecule has 20 heavy (non-hydrogen) atoms. The van der Waals surface area contributed by atoms with Gasteiger partial charge in [0, 0.05) is 11.6 Å². The Morgan fingerprint density at radius 3 is 2.60 bits per heavy atom. The van der Waals surface area contributed by atoms with Crippen molar-refractivity contribution >= 4 is 11.6 Å². The van der Waals surface area contributed by atoms with Crippen molar-refractivity contribution in [1.82, 2.24) is 9.97 Å². The molecule has 4 heteroatoms. The minimum Gasteiger partial charge on any atom is -0.477 e. The molecule has 1 fully saturated rings. The monoisotopic (exact) mass is 288 g/mol. The van der Waals surface area contributed by atoms with Crippen molar-refractivity contribution in [2.75, 3.05) is 6.61 Å². The van der Waals surface area contributed by atoms with E-state index in [0.29, 0.717) is 22.8 Å². The summed E-state index contributed by atoms with van der Waals surface area (Å²) in [4.78, 5) is 8.71. The van der Waals surface area contributed by atoms with Crippen LogP contribution in [0.15, 0.2) is 36.4 Å². The van der Waals surface area contributed by atoms with Crippen LogP contribution in [0.5, 0.6) is 5.88 Å². The third-order valence-corrected chi connectivity index (χ3v) is 3.84. The van der Waals surface area contributed by atoms with E-state index in [4.69, 9.17) is 16.3 Å². The second kappa shape index (κ2) is 6.23. The van der Waals surface area contributed by atoms with Gasteiger partial charge >= 0.3 is 0 Å². The number of rotatable bonds is 4. The van der Waals surface area contributed by atoms with E-state index < -0.39 is 0 Å².